The molecule has 1 fully saturated rings. The molecule has 0 saturated heterocycles. The molecule has 0 bridgehead atoms. The average molecular weight is 529 g/mol. The Balaban J connectivity index is 1.55. The maximum Gasteiger partial charge on any atom is 0.141 e. The molecule has 1 aromatic carbocycles. The fourth-order valence-electron chi connectivity index (χ4n) is 5.35. The van der Waals surface area contributed by atoms with Gasteiger partial charge in [-0.05, 0) is 44.2 Å². The summed E-state index contributed by atoms with van der Waals surface area (Å²) in [4.78, 5) is 7.98. The van der Waals surface area contributed by atoms with Crippen LogP contribution in [0, 0.1) is 6.92 Å². The lowest BCUT2D eigenvalue weighted by Crippen LogP contribution is -2.22. The minimum absolute atomic E-state index is 0.155. The van der Waals surface area contributed by atoms with E-state index in [9.17, 15) is 5.11 Å². The van der Waals surface area contributed by atoms with Crippen LogP contribution in [0.25, 0.3) is 22.2 Å². The van der Waals surface area contributed by atoms with Gasteiger partial charge in [0, 0.05) is 52.1 Å². The highest BCUT2D eigenvalue weighted by atomic mass is 35.5. The summed E-state index contributed by atoms with van der Waals surface area (Å²) in [7, 11) is 3.14. The number of aliphatic hydroxyl groups excluding tert-OH is 1. The number of rotatable bonds is 6. The van der Waals surface area contributed by atoms with Gasteiger partial charge in [0.1, 0.15) is 17.1 Å². The summed E-state index contributed by atoms with van der Waals surface area (Å²) in [5, 5.41) is 16.5. The minimum Gasteiger partial charge on any atom is -0.495 e. The normalized spacial score (nSPS) is 19.0. The van der Waals surface area contributed by atoms with Crippen molar-refractivity contribution in [2.24, 2.45) is 0 Å². The molecule has 3 aromatic heterocycles. The van der Waals surface area contributed by atoms with E-state index in [4.69, 9.17) is 42.8 Å². The summed E-state index contributed by atoms with van der Waals surface area (Å²) in [6.07, 6.45) is 9.06. The molecule has 1 aliphatic carbocycles. The summed E-state index contributed by atoms with van der Waals surface area (Å²) in [5.41, 5.74) is 5.69. The lowest BCUT2D eigenvalue weighted by molar-refractivity contribution is 0.107. The Morgan fingerprint density at radius 2 is 1.72 bits per heavy atom. The topological polar surface area (TPSA) is 85.2 Å². The summed E-state index contributed by atoms with van der Waals surface area (Å²) in [6.45, 7) is 4.16. The molecule has 7 nitrogen and oxygen atoms in total. The third-order valence-corrected chi connectivity index (χ3v) is 8.22. The van der Waals surface area contributed by atoms with Gasteiger partial charge >= 0.3 is 0 Å². The van der Waals surface area contributed by atoms with Crippen molar-refractivity contribution in [1.29, 1.82) is 0 Å². The summed E-state index contributed by atoms with van der Waals surface area (Å²) >= 11 is 13.4. The van der Waals surface area contributed by atoms with E-state index in [2.05, 4.69) is 29.6 Å². The Labute approximate surface area is 220 Å². The standard InChI is InChI=1S/C27H30Cl2N4O3/c1-14(24-25(28)22(35-3)10-23(36-4)26(24)29)20-12-31-27-19(20)9-16(11-30-27)21-13-32-33(15(21)2)17-5-7-18(34)8-6-17/h9-14,17-18,34H,5-8H2,1-4H3,(H,30,31). The van der Waals surface area contributed by atoms with Crippen LogP contribution in [-0.4, -0.2) is 45.2 Å². The van der Waals surface area contributed by atoms with Crippen LogP contribution < -0.4 is 9.47 Å². The van der Waals surface area contributed by atoms with E-state index in [1.807, 2.05) is 18.6 Å². The fraction of sp³-hybridized carbons (Fsp3) is 0.407. The quantitative estimate of drug-likeness (QED) is 0.291. The van der Waals surface area contributed by atoms with E-state index < -0.39 is 0 Å². The van der Waals surface area contributed by atoms with Crippen molar-refractivity contribution in [3.8, 4) is 22.6 Å². The molecule has 0 spiro atoms. The molecule has 1 saturated carbocycles. The molecular weight excluding hydrogens is 499 g/mol. The van der Waals surface area contributed by atoms with Gasteiger partial charge in [0.25, 0.3) is 0 Å². The molecule has 36 heavy (non-hydrogen) atoms. The number of hydrogen-bond acceptors (Lipinski definition) is 5. The highest BCUT2D eigenvalue weighted by molar-refractivity contribution is 6.38. The van der Waals surface area contributed by atoms with Gasteiger partial charge < -0.3 is 19.6 Å². The number of H-pyrrole nitrogens is 1. The van der Waals surface area contributed by atoms with Crippen LogP contribution in [0.5, 0.6) is 11.5 Å². The van der Waals surface area contributed by atoms with Gasteiger partial charge in [-0.1, -0.05) is 30.1 Å². The second kappa shape index (κ2) is 9.96. The highest BCUT2D eigenvalue weighted by Gasteiger charge is 2.26. The van der Waals surface area contributed by atoms with E-state index in [-0.39, 0.29) is 12.0 Å². The second-order valence-electron chi connectivity index (χ2n) is 9.46. The number of halogens is 2. The van der Waals surface area contributed by atoms with Gasteiger partial charge in [0.15, 0.2) is 0 Å². The van der Waals surface area contributed by atoms with E-state index >= 15 is 0 Å². The lowest BCUT2D eigenvalue weighted by Gasteiger charge is -2.26. The molecule has 4 aromatic rings. The summed E-state index contributed by atoms with van der Waals surface area (Å²) in [6, 6.07) is 4.15. The van der Waals surface area contributed by atoms with Gasteiger partial charge in [-0.3, -0.25) is 4.68 Å². The Bertz CT molecular complexity index is 1380. The fourth-order valence-corrected chi connectivity index (χ4v) is 6.18. The molecule has 0 amide bonds. The van der Waals surface area contributed by atoms with Gasteiger partial charge in [-0.25, -0.2) is 4.98 Å². The molecule has 9 heteroatoms. The van der Waals surface area contributed by atoms with Gasteiger partial charge in [0.2, 0.25) is 0 Å². The molecule has 2 N–H and O–H groups in total. The van der Waals surface area contributed by atoms with Crippen molar-refractivity contribution in [1.82, 2.24) is 19.7 Å². The van der Waals surface area contributed by atoms with Crippen molar-refractivity contribution in [2.75, 3.05) is 14.2 Å². The number of methoxy groups -OCH3 is 2. The highest BCUT2D eigenvalue weighted by Crippen LogP contribution is 2.46. The molecule has 1 unspecified atom stereocenters. The van der Waals surface area contributed by atoms with Crippen LogP contribution in [0.4, 0.5) is 0 Å². The third-order valence-electron chi connectivity index (χ3n) is 7.44. The summed E-state index contributed by atoms with van der Waals surface area (Å²) < 4.78 is 13.1. The first-order chi connectivity index (χ1) is 17.3. The number of pyridine rings is 1. The van der Waals surface area contributed by atoms with Crippen LogP contribution in [0.15, 0.2) is 30.7 Å². The Kier molecular flexibility index (Phi) is 6.90. The minimum atomic E-state index is -0.191. The maximum absolute atomic E-state index is 9.88. The smallest absolute Gasteiger partial charge is 0.141 e. The predicted molar refractivity (Wildman–Crippen MR) is 143 cm³/mol. The van der Waals surface area contributed by atoms with E-state index in [0.29, 0.717) is 27.6 Å². The van der Waals surface area contributed by atoms with Crippen LogP contribution >= 0.6 is 23.2 Å². The number of nitrogens with one attached hydrogen (secondary N) is 1. The molecule has 0 aliphatic heterocycles. The van der Waals surface area contributed by atoms with E-state index in [1.54, 1.807) is 20.3 Å². The lowest BCUT2D eigenvalue weighted by atomic mass is 9.91. The molecular formula is C27H30Cl2N4O3. The zero-order chi connectivity index (χ0) is 25.6. The Hall–Kier alpha value is -2.74. The number of hydrogen-bond donors (Lipinski definition) is 2. The Morgan fingerprint density at radius 3 is 2.36 bits per heavy atom. The zero-order valence-corrected chi connectivity index (χ0v) is 22.3. The molecule has 1 aliphatic rings. The molecule has 0 radical (unpaired) electrons. The second-order valence-corrected chi connectivity index (χ2v) is 10.2. The predicted octanol–water partition coefficient (Wildman–Crippen LogP) is 6.69. The molecule has 190 valence electrons. The van der Waals surface area contributed by atoms with Crippen molar-refractivity contribution < 1.29 is 14.6 Å². The van der Waals surface area contributed by atoms with Crippen LogP contribution in [0.3, 0.4) is 0 Å². The first kappa shape index (κ1) is 24.9. The number of fused-ring (bicyclic) bond motifs is 1. The third kappa shape index (κ3) is 4.23. The zero-order valence-electron chi connectivity index (χ0n) is 20.8. The SMILES string of the molecule is COc1cc(OC)c(Cl)c(C(C)c2c[nH]c3ncc(-c4cnn(C5CCC(O)CC5)c4C)cc23)c1Cl. The van der Waals surface area contributed by atoms with Crippen molar-refractivity contribution >= 4 is 34.2 Å². The Morgan fingerprint density at radius 1 is 1.06 bits per heavy atom. The van der Waals surface area contributed by atoms with Gasteiger partial charge in [-0.15, -0.1) is 0 Å². The van der Waals surface area contributed by atoms with Gasteiger partial charge in [0.05, 0.1) is 42.6 Å². The number of ether oxygens (including phenoxy) is 2. The number of aromatic nitrogens is 4. The molecule has 5 rings (SSSR count). The van der Waals surface area contributed by atoms with Crippen molar-refractivity contribution in [3.05, 3.63) is 57.6 Å². The van der Waals surface area contributed by atoms with Crippen molar-refractivity contribution in [2.45, 2.75) is 57.6 Å². The monoisotopic (exact) mass is 528 g/mol. The average Bonchev–Trinajstić information content (AvgIpc) is 3.48. The first-order valence-corrected chi connectivity index (χ1v) is 12.9. The number of aromatic amines is 1. The molecule has 1 atom stereocenters. The number of benzene rings is 1. The maximum atomic E-state index is 9.88. The van der Waals surface area contributed by atoms with E-state index in [0.717, 1.165) is 64.7 Å². The van der Waals surface area contributed by atoms with Crippen LogP contribution in [0.2, 0.25) is 10.0 Å². The first-order valence-electron chi connectivity index (χ1n) is 12.1. The summed E-state index contributed by atoms with van der Waals surface area (Å²) in [5.74, 6) is 0.866. The molecule has 3 heterocycles. The van der Waals surface area contributed by atoms with Gasteiger partial charge in [-0.2, -0.15) is 5.10 Å². The van der Waals surface area contributed by atoms with Crippen LogP contribution in [-0.2, 0) is 0 Å². The van der Waals surface area contributed by atoms with E-state index in [1.165, 1.54) is 0 Å². The van der Waals surface area contributed by atoms with Crippen LogP contribution in [0.1, 0.15) is 61.4 Å². The largest absolute Gasteiger partial charge is 0.495 e. The number of aliphatic hydroxyl groups is 1. The van der Waals surface area contributed by atoms with Crippen molar-refractivity contribution in [3.63, 3.8) is 0 Å². The number of nitrogens with zero attached hydrogens (tertiary/aromatic N) is 3.